The summed E-state index contributed by atoms with van der Waals surface area (Å²) in [4.78, 5) is 13.7. The fourth-order valence-corrected chi connectivity index (χ4v) is 5.78. The van der Waals surface area contributed by atoms with Crippen molar-refractivity contribution in [3.63, 3.8) is 0 Å². The van der Waals surface area contributed by atoms with Crippen molar-refractivity contribution in [3.05, 3.63) is 63.9 Å². The first-order chi connectivity index (χ1) is 15.2. The third-order valence-electron chi connectivity index (χ3n) is 6.13. The molecule has 0 saturated heterocycles. The molecule has 1 fully saturated rings. The minimum Gasteiger partial charge on any atom is -0.391 e. The number of hydrogen-bond donors (Lipinski definition) is 3. The molecule has 1 saturated carbocycles. The first kappa shape index (κ1) is 24.8. The van der Waals surface area contributed by atoms with Crippen LogP contribution >= 0.6 is 22.9 Å². The summed E-state index contributed by atoms with van der Waals surface area (Å²) in [5.41, 5.74) is 5.48. The van der Waals surface area contributed by atoms with Crippen molar-refractivity contribution in [2.45, 2.75) is 56.6 Å². The second kappa shape index (κ2) is 10.9. The van der Waals surface area contributed by atoms with Crippen LogP contribution in [0.5, 0.6) is 0 Å². The maximum Gasteiger partial charge on any atom is 0.217 e. The summed E-state index contributed by atoms with van der Waals surface area (Å²) in [5.74, 6) is -2.52. The molecular formula is C24H29ClF2N2O2S. The largest absolute Gasteiger partial charge is 0.391 e. The quantitative estimate of drug-likeness (QED) is 0.442. The molecule has 1 aliphatic carbocycles. The van der Waals surface area contributed by atoms with Crippen LogP contribution in [-0.2, 0) is 16.8 Å². The number of rotatable bonds is 10. The van der Waals surface area contributed by atoms with E-state index in [4.69, 9.17) is 17.3 Å². The number of aliphatic hydroxyl groups is 1. The molecule has 2 aromatic rings. The van der Waals surface area contributed by atoms with Crippen LogP contribution < -0.4 is 11.1 Å². The van der Waals surface area contributed by atoms with Crippen molar-refractivity contribution < 1.29 is 18.7 Å². The van der Waals surface area contributed by atoms with Gasteiger partial charge in [0.05, 0.1) is 16.7 Å². The Morgan fingerprint density at radius 1 is 1.22 bits per heavy atom. The number of amides is 1. The standard InChI is InChI=1S/C24H29ClF2N2O2S/c1-15(25)21-5-6-22(32-21)24(7-3-2-4-8-24)29-14-20(30)17(12-23(28)31)9-16-10-18(26)13-19(27)11-16/h5-6,10-11,13,17,20,29-30H,1-4,7-9,12,14H2,(H2,28,31). The minimum atomic E-state index is -0.921. The molecule has 3 rings (SSSR count). The molecule has 0 radical (unpaired) electrons. The van der Waals surface area contributed by atoms with E-state index in [2.05, 4.69) is 18.0 Å². The van der Waals surface area contributed by atoms with E-state index < -0.39 is 29.6 Å². The van der Waals surface area contributed by atoms with Crippen molar-refractivity contribution >= 4 is 33.9 Å². The SMILES string of the molecule is C=C(Cl)c1ccc(C2(NCC(O)C(CC(N)=O)Cc3cc(F)cc(F)c3)CCCCC2)s1. The number of benzene rings is 1. The number of carbonyl (C=O) groups excluding carboxylic acids is 1. The summed E-state index contributed by atoms with van der Waals surface area (Å²) < 4.78 is 27.2. The van der Waals surface area contributed by atoms with Gasteiger partial charge in [0, 0.05) is 28.8 Å². The fraction of sp³-hybridized carbons (Fsp3) is 0.458. The van der Waals surface area contributed by atoms with Gasteiger partial charge in [0.25, 0.3) is 0 Å². The first-order valence-electron chi connectivity index (χ1n) is 10.8. The van der Waals surface area contributed by atoms with E-state index >= 15 is 0 Å². The van der Waals surface area contributed by atoms with Crippen LogP contribution in [0.15, 0.2) is 36.9 Å². The smallest absolute Gasteiger partial charge is 0.217 e. The Kier molecular flexibility index (Phi) is 8.44. The Morgan fingerprint density at radius 3 is 2.44 bits per heavy atom. The molecule has 1 aromatic carbocycles. The van der Waals surface area contributed by atoms with Gasteiger partial charge >= 0.3 is 0 Å². The summed E-state index contributed by atoms with van der Waals surface area (Å²) in [7, 11) is 0. The highest BCUT2D eigenvalue weighted by molar-refractivity contribution is 7.14. The second-order valence-corrected chi connectivity index (χ2v) is 10.1. The zero-order chi connectivity index (χ0) is 23.3. The predicted octanol–water partition coefficient (Wildman–Crippen LogP) is 5.08. The Morgan fingerprint density at radius 2 is 1.88 bits per heavy atom. The molecule has 1 amide bonds. The number of carbonyl (C=O) groups is 1. The topological polar surface area (TPSA) is 75.3 Å². The molecule has 2 unspecified atom stereocenters. The molecule has 4 N–H and O–H groups in total. The average Bonchev–Trinajstić information content (AvgIpc) is 3.22. The van der Waals surface area contributed by atoms with E-state index in [0.717, 1.165) is 47.9 Å². The van der Waals surface area contributed by atoms with Crippen LogP contribution in [0.2, 0.25) is 0 Å². The maximum absolute atomic E-state index is 13.6. The predicted molar refractivity (Wildman–Crippen MR) is 125 cm³/mol. The minimum absolute atomic E-state index is 0.0802. The van der Waals surface area contributed by atoms with Crippen molar-refractivity contribution in [2.24, 2.45) is 11.7 Å². The molecule has 8 heteroatoms. The first-order valence-corrected chi connectivity index (χ1v) is 12.0. The third-order valence-corrected chi connectivity index (χ3v) is 7.79. The number of halogens is 3. The van der Waals surface area contributed by atoms with Crippen molar-refractivity contribution in [1.29, 1.82) is 0 Å². The number of aliphatic hydroxyl groups excluding tert-OH is 1. The zero-order valence-corrected chi connectivity index (χ0v) is 19.5. The van der Waals surface area contributed by atoms with Crippen molar-refractivity contribution in [2.75, 3.05) is 6.54 Å². The van der Waals surface area contributed by atoms with Gasteiger partial charge < -0.3 is 16.2 Å². The van der Waals surface area contributed by atoms with Gasteiger partial charge in [0.2, 0.25) is 5.91 Å². The van der Waals surface area contributed by atoms with Gasteiger partial charge in [-0.25, -0.2) is 8.78 Å². The lowest BCUT2D eigenvalue weighted by molar-refractivity contribution is -0.119. The molecule has 4 nitrogen and oxygen atoms in total. The highest BCUT2D eigenvalue weighted by Crippen LogP contribution is 2.42. The van der Waals surface area contributed by atoms with Crippen molar-refractivity contribution in [3.8, 4) is 0 Å². The number of thiophene rings is 1. The summed E-state index contributed by atoms with van der Waals surface area (Å²) in [6.45, 7) is 4.03. The lowest BCUT2D eigenvalue weighted by atomic mass is 9.80. The fourth-order valence-electron chi connectivity index (χ4n) is 4.51. The van der Waals surface area contributed by atoms with Crippen LogP contribution in [0.3, 0.4) is 0 Å². The second-order valence-electron chi connectivity index (χ2n) is 8.57. The molecule has 32 heavy (non-hydrogen) atoms. The number of nitrogens with one attached hydrogen (secondary N) is 1. The van der Waals surface area contributed by atoms with E-state index in [-0.39, 0.29) is 24.9 Å². The molecular weight excluding hydrogens is 454 g/mol. The molecule has 1 heterocycles. The van der Waals surface area contributed by atoms with E-state index in [1.54, 1.807) is 11.3 Å². The van der Waals surface area contributed by atoms with E-state index in [1.807, 2.05) is 6.07 Å². The summed E-state index contributed by atoms with van der Waals surface area (Å²) in [6.07, 6.45) is 4.26. The average molecular weight is 483 g/mol. The zero-order valence-electron chi connectivity index (χ0n) is 17.9. The molecule has 0 aliphatic heterocycles. The molecule has 0 bridgehead atoms. The van der Waals surface area contributed by atoms with E-state index in [1.165, 1.54) is 12.1 Å². The molecule has 2 atom stereocenters. The Balaban J connectivity index is 1.76. The van der Waals surface area contributed by atoms with Gasteiger partial charge in [-0.3, -0.25) is 4.79 Å². The Hall–Kier alpha value is -1.80. The molecule has 1 aliphatic rings. The lowest BCUT2D eigenvalue weighted by Gasteiger charge is -2.39. The van der Waals surface area contributed by atoms with Gasteiger partial charge in [-0.2, -0.15) is 0 Å². The van der Waals surface area contributed by atoms with Gasteiger partial charge in [-0.15, -0.1) is 11.3 Å². The van der Waals surface area contributed by atoms with Gasteiger partial charge in [0.1, 0.15) is 11.6 Å². The van der Waals surface area contributed by atoms with E-state index in [0.29, 0.717) is 10.6 Å². The number of primary amides is 1. The highest BCUT2D eigenvalue weighted by Gasteiger charge is 2.36. The molecule has 1 aromatic heterocycles. The van der Waals surface area contributed by atoms with Crippen LogP contribution in [-0.4, -0.2) is 23.7 Å². The van der Waals surface area contributed by atoms with Crippen LogP contribution in [0, 0.1) is 17.6 Å². The maximum atomic E-state index is 13.6. The summed E-state index contributed by atoms with van der Waals surface area (Å²) >= 11 is 7.67. The van der Waals surface area contributed by atoms with E-state index in [9.17, 15) is 18.7 Å². The van der Waals surface area contributed by atoms with Crippen LogP contribution in [0.4, 0.5) is 8.78 Å². The Labute approximate surface area is 196 Å². The highest BCUT2D eigenvalue weighted by atomic mass is 35.5. The van der Waals surface area contributed by atoms with Gasteiger partial charge in [0.15, 0.2) is 0 Å². The number of hydrogen-bond acceptors (Lipinski definition) is 4. The monoisotopic (exact) mass is 482 g/mol. The van der Waals surface area contributed by atoms with Gasteiger partial charge in [-0.05, 0) is 55.0 Å². The molecule has 174 valence electrons. The lowest BCUT2D eigenvalue weighted by Crippen LogP contribution is -2.48. The third kappa shape index (κ3) is 6.38. The number of nitrogens with two attached hydrogens (primary N) is 1. The normalized spacial score (nSPS) is 17.6. The summed E-state index contributed by atoms with van der Waals surface area (Å²) in [5, 5.41) is 15.0. The van der Waals surface area contributed by atoms with Crippen molar-refractivity contribution in [1.82, 2.24) is 5.32 Å². The Bertz CT molecular complexity index is 939. The van der Waals surface area contributed by atoms with Crippen LogP contribution in [0.1, 0.15) is 53.8 Å². The van der Waals surface area contributed by atoms with Crippen LogP contribution in [0.25, 0.3) is 5.03 Å². The molecule has 0 spiro atoms. The van der Waals surface area contributed by atoms with Gasteiger partial charge in [-0.1, -0.05) is 37.4 Å². The summed E-state index contributed by atoms with van der Waals surface area (Å²) in [6, 6.07) is 7.23.